The van der Waals surface area contributed by atoms with Gasteiger partial charge in [-0.2, -0.15) is 0 Å². The van der Waals surface area contributed by atoms with Crippen LogP contribution in [0.1, 0.15) is 37.8 Å². The molecule has 0 saturated carbocycles. The number of benzene rings is 2. The Labute approximate surface area is 148 Å². The first-order valence-corrected chi connectivity index (χ1v) is 8.38. The van der Waals surface area contributed by atoms with Crippen LogP contribution in [-0.2, 0) is 23.0 Å². The van der Waals surface area contributed by atoms with Gasteiger partial charge >= 0.3 is 29.6 Å². The van der Waals surface area contributed by atoms with E-state index < -0.39 is 10.1 Å². The summed E-state index contributed by atoms with van der Waals surface area (Å²) >= 11 is 0. The monoisotopic (exact) mass is 314 g/mol. The molecule has 0 aliphatic rings. The third-order valence-corrected chi connectivity index (χ3v) is 4.26. The number of hydrogen-bond acceptors (Lipinski definition) is 3. The number of fused-ring (bicyclic) bond motifs is 1. The average Bonchev–Trinajstić information content (AvgIpc) is 2.38. The van der Waals surface area contributed by atoms with E-state index in [1.807, 2.05) is 31.2 Å². The zero-order valence-corrected chi connectivity index (χ0v) is 15.7. The van der Waals surface area contributed by atoms with Gasteiger partial charge in [0.2, 0.25) is 0 Å². The molecule has 0 unspecified atom stereocenters. The average molecular weight is 314 g/mol. The summed E-state index contributed by atoms with van der Waals surface area (Å²) in [4.78, 5) is -0.0867. The van der Waals surface area contributed by atoms with Crippen molar-refractivity contribution in [2.24, 2.45) is 0 Å². The summed E-state index contributed by atoms with van der Waals surface area (Å²) in [7, 11) is -4.45. The Morgan fingerprint density at radius 2 is 1.57 bits per heavy atom. The smallest absolute Gasteiger partial charge is 0.744 e. The van der Waals surface area contributed by atoms with Crippen LogP contribution in [0, 0.1) is 0 Å². The molecule has 0 aromatic heterocycles. The molecule has 2 aromatic carbocycles. The van der Waals surface area contributed by atoms with Crippen LogP contribution in [0.15, 0.2) is 35.2 Å². The van der Waals surface area contributed by atoms with Crippen molar-refractivity contribution < 1.29 is 42.5 Å². The maximum absolute atomic E-state index is 11.5. The molecule has 21 heavy (non-hydrogen) atoms. The second-order valence-electron chi connectivity index (χ2n) is 5.10. The van der Waals surface area contributed by atoms with Crippen LogP contribution in [0.4, 0.5) is 0 Å². The molecule has 0 atom stereocenters. The van der Waals surface area contributed by atoms with Gasteiger partial charge in [0.1, 0.15) is 10.1 Å². The molecule has 0 fully saturated rings. The van der Waals surface area contributed by atoms with Crippen molar-refractivity contribution in [2.45, 2.75) is 44.4 Å². The zero-order valence-electron chi connectivity index (χ0n) is 12.8. The molecule has 3 nitrogen and oxygen atoms in total. The van der Waals surface area contributed by atoms with Gasteiger partial charge in [-0.15, -0.1) is 0 Å². The molecule has 0 bridgehead atoms. The predicted octanol–water partition coefficient (Wildman–Crippen LogP) is 0.653. The summed E-state index contributed by atoms with van der Waals surface area (Å²) in [6, 6.07) is 9.25. The van der Waals surface area contributed by atoms with Gasteiger partial charge < -0.3 is 4.55 Å². The fraction of sp³-hybridized carbons (Fsp3) is 0.375. The minimum Gasteiger partial charge on any atom is -0.744 e. The van der Waals surface area contributed by atoms with Crippen LogP contribution in [0.2, 0.25) is 0 Å². The Bertz CT molecular complexity index is 724. The molecule has 0 amide bonds. The van der Waals surface area contributed by atoms with Crippen LogP contribution in [0.5, 0.6) is 0 Å². The van der Waals surface area contributed by atoms with Gasteiger partial charge in [0, 0.05) is 0 Å². The first-order chi connectivity index (χ1) is 9.45. The van der Waals surface area contributed by atoms with E-state index in [-0.39, 0.29) is 34.5 Å². The van der Waals surface area contributed by atoms with E-state index in [0.717, 1.165) is 42.2 Å². The normalized spacial score (nSPS) is 11.4. The molecule has 0 aliphatic carbocycles. The standard InChI is InChI=1S/C16H20O3S.Na/c1-3-5-12-7-8-14-9-13(6-4-2)11-16(15(14)10-12)20(17,18)19;/h7-11H,3-6H2,1-2H3,(H,17,18,19);/q;+1/p-1. The van der Waals surface area contributed by atoms with Crippen molar-refractivity contribution in [3.8, 4) is 0 Å². The molecule has 5 heteroatoms. The van der Waals surface area contributed by atoms with E-state index in [4.69, 9.17) is 0 Å². The first-order valence-electron chi connectivity index (χ1n) is 6.97. The van der Waals surface area contributed by atoms with Gasteiger partial charge in [-0.05, 0) is 46.9 Å². The molecule has 0 N–H and O–H groups in total. The quantitative estimate of drug-likeness (QED) is 0.601. The number of hydrogen-bond donors (Lipinski definition) is 0. The second kappa shape index (κ2) is 7.75. The number of aryl methyl sites for hydroxylation is 2. The Morgan fingerprint density at radius 3 is 2.14 bits per heavy atom. The third kappa shape index (κ3) is 4.54. The van der Waals surface area contributed by atoms with Gasteiger partial charge in [-0.1, -0.05) is 44.9 Å². The largest absolute Gasteiger partial charge is 1.00 e. The maximum Gasteiger partial charge on any atom is 1.00 e. The van der Waals surface area contributed by atoms with E-state index in [1.165, 1.54) is 6.07 Å². The summed E-state index contributed by atoms with van der Waals surface area (Å²) < 4.78 is 34.6. The molecule has 0 spiro atoms. The SMILES string of the molecule is CCCc1cc(S(=O)(=O)[O-])c2cc(CCC)ccc2c1.[Na+]. The van der Waals surface area contributed by atoms with E-state index in [9.17, 15) is 13.0 Å². The van der Waals surface area contributed by atoms with Crippen molar-refractivity contribution in [1.29, 1.82) is 0 Å². The Hall–Kier alpha value is -0.390. The topological polar surface area (TPSA) is 57.2 Å². The van der Waals surface area contributed by atoms with Crippen molar-refractivity contribution in [2.75, 3.05) is 0 Å². The van der Waals surface area contributed by atoms with E-state index in [2.05, 4.69) is 6.92 Å². The van der Waals surface area contributed by atoms with Crippen molar-refractivity contribution in [1.82, 2.24) is 0 Å². The molecule has 2 aromatic rings. The zero-order chi connectivity index (χ0) is 14.8. The van der Waals surface area contributed by atoms with Gasteiger partial charge in [-0.25, -0.2) is 8.42 Å². The minimum absolute atomic E-state index is 0. The Balaban J connectivity index is 0.00000220. The molecule has 0 radical (unpaired) electrons. The van der Waals surface area contributed by atoms with E-state index in [0.29, 0.717) is 5.39 Å². The van der Waals surface area contributed by atoms with E-state index >= 15 is 0 Å². The molecule has 0 heterocycles. The van der Waals surface area contributed by atoms with Gasteiger partial charge in [0.05, 0.1) is 4.90 Å². The summed E-state index contributed by atoms with van der Waals surface area (Å²) in [5.41, 5.74) is 1.96. The summed E-state index contributed by atoms with van der Waals surface area (Å²) in [6.45, 7) is 4.10. The Morgan fingerprint density at radius 1 is 0.952 bits per heavy atom. The van der Waals surface area contributed by atoms with Gasteiger partial charge in [0.25, 0.3) is 0 Å². The molecule has 0 saturated heterocycles. The van der Waals surface area contributed by atoms with Crippen LogP contribution in [0.3, 0.4) is 0 Å². The predicted molar refractivity (Wildman–Crippen MR) is 79.9 cm³/mol. The van der Waals surface area contributed by atoms with Crippen molar-refractivity contribution in [3.63, 3.8) is 0 Å². The van der Waals surface area contributed by atoms with Crippen LogP contribution >= 0.6 is 0 Å². The third-order valence-electron chi connectivity index (χ3n) is 3.39. The summed E-state index contributed by atoms with van der Waals surface area (Å²) in [5.74, 6) is 0. The van der Waals surface area contributed by atoms with Crippen LogP contribution in [-0.4, -0.2) is 13.0 Å². The number of rotatable bonds is 5. The maximum atomic E-state index is 11.5. The molecule has 108 valence electrons. The first kappa shape index (κ1) is 18.7. The molecular weight excluding hydrogens is 295 g/mol. The van der Waals surface area contributed by atoms with Crippen molar-refractivity contribution >= 4 is 20.9 Å². The second-order valence-corrected chi connectivity index (χ2v) is 6.45. The summed E-state index contributed by atoms with van der Waals surface area (Å²) in [6.07, 6.45) is 3.55. The minimum atomic E-state index is -4.45. The van der Waals surface area contributed by atoms with E-state index in [1.54, 1.807) is 0 Å². The van der Waals surface area contributed by atoms with Crippen molar-refractivity contribution in [3.05, 3.63) is 41.5 Å². The Kier molecular flexibility index (Phi) is 6.88. The fourth-order valence-corrected chi connectivity index (χ4v) is 3.26. The molecular formula is C16H19NaO3S. The van der Waals surface area contributed by atoms with Crippen LogP contribution < -0.4 is 29.6 Å². The van der Waals surface area contributed by atoms with Gasteiger partial charge in [0.15, 0.2) is 0 Å². The van der Waals surface area contributed by atoms with Gasteiger partial charge in [-0.3, -0.25) is 0 Å². The molecule has 2 rings (SSSR count). The fourth-order valence-electron chi connectivity index (χ4n) is 2.51. The molecule has 0 aliphatic heterocycles. The van der Waals surface area contributed by atoms with Crippen LogP contribution in [0.25, 0.3) is 10.8 Å². The summed E-state index contributed by atoms with van der Waals surface area (Å²) in [5, 5.41) is 1.37.